The first-order chi connectivity index (χ1) is 8.39. The first kappa shape index (κ1) is 15.0. The highest BCUT2D eigenvalue weighted by Gasteiger charge is 2.29. The molecular formula is C11H17N3O2S2. The summed E-state index contributed by atoms with van der Waals surface area (Å²) in [5.41, 5.74) is 6.30. The summed E-state index contributed by atoms with van der Waals surface area (Å²) < 4.78 is 25.9. The Morgan fingerprint density at radius 3 is 2.50 bits per heavy atom. The van der Waals surface area contributed by atoms with Gasteiger partial charge in [-0.2, -0.15) is 4.31 Å². The molecule has 0 radical (unpaired) electrons. The van der Waals surface area contributed by atoms with Crippen LogP contribution in [-0.2, 0) is 16.6 Å². The van der Waals surface area contributed by atoms with Gasteiger partial charge < -0.3 is 5.73 Å². The molecule has 0 bridgehead atoms. The summed E-state index contributed by atoms with van der Waals surface area (Å²) in [6.07, 6.45) is 3.26. The predicted octanol–water partition coefficient (Wildman–Crippen LogP) is 0.908. The van der Waals surface area contributed by atoms with Gasteiger partial charge in [0.2, 0.25) is 10.0 Å². The minimum atomic E-state index is -3.50. The van der Waals surface area contributed by atoms with E-state index in [1.807, 2.05) is 0 Å². The van der Waals surface area contributed by atoms with E-state index in [0.717, 1.165) is 5.56 Å². The van der Waals surface area contributed by atoms with Gasteiger partial charge >= 0.3 is 0 Å². The van der Waals surface area contributed by atoms with Crippen LogP contribution in [0.4, 0.5) is 0 Å². The van der Waals surface area contributed by atoms with Crippen LogP contribution in [0.25, 0.3) is 0 Å². The van der Waals surface area contributed by atoms with Crippen LogP contribution in [0.1, 0.15) is 19.4 Å². The van der Waals surface area contributed by atoms with Gasteiger partial charge in [-0.1, -0.05) is 19.1 Å². The van der Waals surface area contributed by atoms with E-state index >= 15 is 0 Å². The number of hydrogen-bond donors (Lipinski definition) is 1. The molecule has 1 heterocycles. The molecular weight excluding hydrogens is 270 g/mol. The van der Waals surface area contributed by atoms with Crippen molar-refractivity contribution in [3.63, 3.8) is 0 Å². The Bertz CT molecular complexity index is 502. The molecule has 0 saturated carbocycles. The van der Waals surface area contributed by atoms with Crippen LogP contribution in [0, 0.1) is 0 Å². The molecule has 0 aliphatic carbocycles. The molecule has 5 nitrogen and oxygen atoms in total. The molecule has 0 aliphatic rings. The lowest BCUT2D eigenvalue weighted by Crippen LogP contribution is -2.42. The number of nitrogens with zero attached hydrogens (tertiary/aromatic N) is 2. The Hall–Kier alpha value is -1.05. The topological polar surface area (TPSA) is 76.3 Å². The molecule has 2 N–H and O–H groups in total. The van der Waals surface area contributed by atoms with Crippen molar-refractivity contribution in [2.24, 2.45) is 5.73 Å². The first-order valence-electron chi connectivity index (χ1n) is 5.56. The zero-order valence-electron chi connectivity index (χ0n) is 10.4. The van der Waals surface area contributed by atoms with Gasteiger partial charge in [0, 0.05) is 25.5 Å². The van der Waals surface area contributed by atoms with E-state index in [2.05, 4.69) is 4.98 Å². The molecule has 100 valence electrons. The number of pyridine rings is 1. The van der Waals surface area contributed by atoms with Gasteiger partial charge in [0.25, 0.3) is 0 Å². The van der Waals surface area contributed by atoms with Crippen molar-refractivity contribution in [2.75, 3.05) is 6.54 Å². The highest BCUT2D eigenvalue weighted by Crippen LogP contribution is 2.13. The quantitative estimate of drug-likeness (QED) is 0.787. The van der Waals surface area contributed by atoms with Gasteiger partial charge in [0.15, 0.2) is 0 Å². The summed E-state index contributed by atoms with van der Waals surface area (Å²) in [5, 5.41) is -0.853. The molecule has 1 atom stereocenters. The Balaban J connectivity index is 2.94. The second-order valence-electron chi connectivity index (χ2n) is 3.87. The van der Waals surface area contributed by atoms with Crippen molar-refractivity contribution in [1.29, 1.82) is 0 Å². The smallest absolute Gasteiger partial charge is 0.223 e. The molecule has 0 fully saturated rings. The third kappa shape index (κ3) is 3.47. The van der Waals surface area contributed by atoms with Gasteiger partial charge in [0.05, 0.1) is 4.99 Å². The molecule has 0 aromatic carbocycles. The Morgan fingerprint density at radius 2 is 2.06 bits per heavy atom. The second kappa shape index (κ2) is 6.21. The summed E-state index contributed by atoms with van der Waals surface area (Å²) in [6.45, 7) is 3.96. The Labute approximate surface area is 113 Å². The van der Waals surface area contributed by atoms with Gasteiger partial charge in [-0.25, -0.2) is 8.42 Å². The van der Waals surface area contributed by atoms with Gasteiger partial charge in [-0.05, 0) is 24.6 Å². The molecule has 18 heavy (non-hydrogen) atoms. The van der Waals surface area contributed by atoms with Crippen molar-refractivity contribution in [1.82, 2.24) is 9.29 Å². The van der Waals surface area contributed by atoms with E-state index in [0.29, 0.717) is 13.1 Å². The average molecular weight is 287 g/mol. The van der Waals surface area contributed by atoms with Crippen molar-refractivity contribution < 1.29 is 8.42 Å². The summed E-state index contributed by atoms with van der Waals surface area (Å²) in [7, 11) is -3.50. The molecule has 7 heteroatoms. The summed E-state index contributed by atoms with van der Waals surface area (Å²) in [4.78, 5) is 3.88. The van der Waals surface area contributed by atoms with E-state index in [-0.39, 0.29) is 4.99 Å². The van der Waals surface area contributed by atoms with E-state index in [4.69, 9.17) is 18.0 Å². The number of sulfonamides is 1. The SMILES string of the molecule is CCN(Cc1ccncc1)S(=O)(=O)C(C)C(N)=S. The minimum Gasteiger partial charge on any atom is -0.392 e. The van der Waals surface area contributed by atoms with Crippen molar-refractivity contribution in [3.8, 4) is 0 Å². The number of hydrogen-bond acceptors (Lipinski definition) is 4. The molecule has 1 rings (SSSR count). The summed E-state index contributed by atoms with van der Waals surface area (Å²) >= 11 is 4.76. The number of thiocarbonyl (C=S) groups is 1. The fourth-order valence-corrected chi connectivity index (χ4v) is 3.24. The number of aromatic nitrogens is 1. The maximum atomic E-state index is 12.3. The lowest BCUT2D eigenvalue weighted by Gasteiger charge is -2.24. The van der Waals surface area contributed by atoms with Crippen LogP contribution in [0.3, 0.4) is 0 Å². The molecule has 0 spiro atoms. The van der Waals surface area contributed by atoms with Crippen molar-refractivity contribution >= 4 is 27.2 Å². The molecule has 0 saturated heterocycles. The zero-order chi connectivity index (χ0) is 13.8. The van der Waals surface area contributed by atoms with Gasteiger partial charge in [-0.15, -0.1) is 0 Å². The first-order valence-corrected chi connectivity index (χ1v) is 7.48. The van der Waals surface area contributed by atoms with E-state index in [9.17, 15) is 8.42 Å². The minimum absolute atomic E-state index is 0.0109. The van der Waals surface area contributed by atoms with Crippen molar-refractivity contribution in [2.45, 2.75) is 25.6 Å². The fourth-order valence-electron chi connectivity index (χ4n) is 1.44. The van der Waals surface area contributed by atoms with E-state index < -0.39 is 15.3 Å². The van der Waals surface area contributed by atoms with Gasteiger partial charge in [-0.3, -0.25) is 4.98 Å². The lowest BCUT2D eigenvalue weighted by atomic mass is 10.3. The van der Waals surface area contributed by atoms with Crippen LogP contribution in [-0.4, -0.2) is 34.5 Å². The highest BCUT2D eigenvalue weighted by molar-refractivity contribution is 7.92. The second-order valence-corrected chi connectivity index (χ2v) is 6.60. The van der Waals surface area contributed by atoms with E-state index in [1.165, 1.54) is 11.2 Å². The Kier molecular flexibility index (Phi) is 5.18. The largest absolute Gasteiger partial charge is 0.392 e. The van der Waals surface area contributed by atoms with Gasteiger partial charge in [0.1, 0.15) is 5.25 Å². The number of nitrogens with two attached hydrogens (primary N) is 1. The number of rotatable bonds is 6. The van der Waals surface area contributed by atoms with Crippen LogP contribution in [0.2, 0.25) is 0 Å². The highest BCUT2D eigenvalue weighted by atomic mass is 32.2. The molecule has 0 amide bonds. The molecule has 0 aliphatic heterocycles. The standard InChI is InChI=1S/C11H17N3O2S2/c1-3-14(8-10-4-6-13-7-5-10)18(15,16)9(2)11(12)17/h4-7,9H,3,8H2,1-2H3,(H2,12,17). The van der Waals surface area contributed by atoms with Crippen LogP contribution >= 0.6 is 12.2 Å². The maximum Gasteiger partial charge on any atom is 0.223 e. The molecule has 1 aromatic rings. The third-order valence-electron chi connectivity index (χ3n) is 2.67. The monoisotopic (exact) mass is 287 g/mol. The zero-order valence-corrected chi connectivity index (χ0v) is 12.0. The lowest BCUT2D eigenvalue weighted by molar-refractivity contribution is 0.421. The predicted molar refractivity (Wildman–Crippen MR) is 75.5 cm³/mol. The Morgan fingerprint density at radius 1 is 1.50 bits per heavy atom. The third-order valence-corrected chi connectivity index (χ3v) is 5.43. The normalized spacial score (nSPS) is 13.5. The van der Waals surface area contributed by atoms with Crippen LogP contribution in [0.15, 0.2) is 24.5 Å². The summed E-state index contributed by atoms with van der Waals surface area (Å²) in [6, 6.07) is 3.56. The molecule has 1 aromatic heterocycles. The van der Waals surface area contributed by atoms with Crippen LogP contribution in [0.5, 0.6) is 0 Å². The average Bonchev–Trinajstić information content (AvgIpc) is 2.35. The van der Waals surface area contributed by atoms with E-state index in [1.54, 1.807) is 31.5 Å². The summed E-state index contributed by atoms with van der Waals surface area (Å²) in [5.74, 6) is 0. The fraction of sp³-hybridized carbons (Fsp3) is 0.455. The maximum absolute atomic E-state index is 12.3. The van der Waals surface area contributed by atoms with Crippen LogP contribution < -0.4 is 5.73 Å². The van der Waals surface area contributed by atoms with Crippen molar-refractivity contribution in [3.05, 3.63) is 30.1 Å². The molecule has 1 unspecified atom stereocenters.